The lowest BCUT2D eigenvalue weighted by Gasteiger charge is -2.37. The van der Waals surface area contributed by atoms with Gasteiger partial charge in [-0.15, -0.1) is 0 Å². The van der Waals surface area contributed by atoms with Gasteiger partial charge in [-0.2, -0.15) is 0 Å². The van der Waals surface area contributed by atoms with Gasteiger partial charge in [0.2, 0.25) is 0 Å². The highest BCUT2D eigenvalue weighted by Gasteiger charge is 2.21. The molecule has 0 aliphatic carbocycles. The van der Waals surface area contributed by atoms with E-state index in [4.69, 9.17) is 17.0 Å². The van der Waals surface area contributed by atoms with Crippen molar-refractivity contribution in [2.24, 2.45) is 0 Å². The molecule has 1 heterocycles. The van der Waals surface area contributed by atoms with Gasteiger partial charge in [0.25, 0.3) is 5.69 Å². The number of nitrogens with one attached hydrogen (secondary N) is 1. The van der Waals surface area contributed by atoms with Crippen molar-refractivity contribution in [3.05, 3.63) is 58.6 Å². The molecule has 0 atom stereocenters. The summed E-state index contributed by atoms with van der Waals surface area (Å²) in [7, 11) is 0. The van der Waals surface area contributed by atoms with Crippen molar-refractivity contribution in [1.29, 1.82) is 0 Å². The van der Waals surface area contributed by atoms with Crippen molar-refractivity contribution in [3.8, 4) is 5.75 Å². The number of ether oxygens (including phenoxy) is 1. The second-order valence-corrected chi connectivity index (χ2v) is 6.50. The fraction of sp³-hybridized carbons (Fsp3) is 0.316. The van der Waals surface area contributed by atoms with Crippen LogP contribution in [0.15, 0.2) is 48.5 Å². The summed E-state index contributed by atoms with van der Waals surface area (Å²) >= 11 is 5.50. The van der Waals surface area contributed by atoms with Crippen molar-refractivity contribution in [2.75, 3.05) is 43.0 Å². The molecule has 1 fully saturated rings. The largest absolute Gasteiger partial charge is 0.492 e. The number of hydrogen-bond acceptors (Lipinski definition) is 5. The van der Waals surface area contributed by atoms with Gasteiger partial charge in [-0.1, -0.05) is 12.1 Å². The number of para-hydroxylation sites is 2. The van der Waals surface area contributed by atoms with E-state index < -0.39 is 4.92 Å². The van der Waals surface area contributed by atoms with Crippen LogP contribution < -0.4 is 15.0 Å². The van der Waals surface area contributed by atoms with Crippen molar-refractivity contribution in [2.45, 2.75) is 6.92 Å². The first-order valence-electron chi connectivity index (χ1n) is 8.85. The summed E-state index contributed by atoms with van der Waals surface area (Å²) in [6, 6.07) is 14.3. The standard InChI is InChI=1S/C19H22N4O3S/c1-2-26-18-6-4-3-5-17(18)21-11-13-22(14-12-21)19(27)20-15-7-9-16(10-8-15)23(24)25/h3-10H,2,11-14H2,1H3,(H,20,27). The monoisotopic (exact) mass is 386 g/mol. The molecule has 1 aliphatic rings. The number of piperazine rings is 1. The molecule has 3 rings (SSSR count). The molecule has 2 aromatic carbocycles. The molecule has 1 N–H and O–H groups in total. The fourth-order valence-corrected chi connectivity index (χ4v) is 3.32. The lowest BCUT2D eigenvalue weighted by atomic mass is 10.2. The maximum atomic E-state index is 10.7. The molecule has 27 heavy (non-hydrogen) atoms. The number of nitro benzene ring substituents is 1. The quantitative estimate of drug-likeness (QED) is 0.479. The van der Waals surface area contributed by atoms with E-state index in [1.807, 2.05) is 25.1 Å². The highest BCUT2D eigenvalue weighted by atomic mass is 32.1. The highest BCUT2D eigenvalue weighted by molar-refractivity contribution is 7.80. The van der Waals surface area contributed by atoms with Gasteiger partial charge in [-0.25, -0.2) is 0 Å². The number of hydrogen-bond donors (Lipinski definition) is 1. The van der Waals surface area contributed by atoms with E-state index >= 15 is 0 Å². The number of thiocarbonyl (C=S) groups is 1. The first kappa shape index (κ1) is 18.9. The minimum Gasteiger partial charge on any atom is -0.492 e. The predicted octanol–water partition coefficient (Wildman–Crippen LogP) is 3.51. The summed E-state index contributed by atoms with van der Waals surface area (Å²) in [5.41, 5.74) is 1.91. The zero-order valence-corrected chi connectivity index (χ0v) is 15.9. The van der Waals surface area contributed by atoms with Gasteiger partial charge in [0, 0.05) is 44.0 Å². The van der Waals surface area contributed by atoms with Crippen LogP contribution in [0.3, 0.4) is 0 Å². The zero-order chi connectivity index (χ0) is 19.2. The maximum Gasteiger partial charge on any atom is 0.269 e. The number of rotatable bonds is 5. The maximum absolute atomic E-state index is 10.7. The number of benzene rings is 2. The summed E-state index contributed by atoms with van der Waals surface area (Å²) in [4.78, 5) is 14.7. The number of non-ortho nitro benzene ring substituents is 1. The Morgan fingerprint density at radius 1 is 1.15 bits per heavy atom. The van der Waals surface area contributed by atoms with E-state index in [1.165, 1.54) is 12.1 Å². The molecule has 0 spiro atoms. The minimum absolute atomic E-state index is 0.0630. The molecule has 7 nitrogen and oxygen atoms in total. The van der Waals surface area contributed by atoms with Crippen LogP contribution in [-0.4, -0.2) is 47.7 Å². The van der Waals surface area contributed by atoms with Crippen LogP contribution in [0.1, 0.15) is 6.92 Å². The van der Waals surface area contributed by atoms with Crippen LogP contribution in [0.4, 0.5) is 17.1 Å². The fourth-order valence-electron chi connectivity index (χ4n) is 3.02. The Balaban J connectivity index is 1.57. The highest BCUT2D eigenvalue weighted by Crippen LogP contribution is 2.29. The number of nitrogens with zero attached hydrogens (tertiary/aromatic N) is 3. The van der Waals surface area contributed by atoms with Crippen LogP contribution >= 0.6 is 12.2 Å². The van der Waals surface area contributed by atoms with Gasteiger partial charge in [0.05, 0.1) is 17.2 Å². The van der Waals surface area contributed by atoms with E-state index in [0.717, 1.165) is 43.3 Å². The van der Waals surface area contributed by atoms with Crippen molar-refractivity contribution >= 4 is 34.4 Å². The third-order valence-corrected chi connectivity index (χ3v) is 4.76. The summed E-state index contributed by atoms with van der Waals surface area (Å²) in [5, 5.41) is 14.5. The third-order valence-electron chi connectivity index (χ3n) is 4.40. The topological polar surface area (TPSA) is 70.9 Å². The van der Waals surface area contributed by atoms with Crippen LogP contribution in [0.5, 0.6) is 5.75 Å². The average Bonchev–Trinajstić information content (AvgIpc) is 2.69. The van der Waals surface area contributed by atoms with Gasteiger partial charge in [-0.3, -0.25) is 10.1 Å². The molecule has 8 heteroatoms. The van der Waals surface area contributed by atoms with Crippen LogP contribution in [0, 0.1) is 10.1 Å². The van der Waals surface area contributed by atoms with Crippen molar-refractivity contribution in [1.82, 2.24) is 4.90 Å². The Labute approximate surface area is 163 Å². The molecule has 1 saturated heterocycles. The van der Waals surface area contributed by atoms with Crippen LogP contribution in [0.25, 0.3) is 0 Å². The first-order valence-corrected chi connectivity index (χ1v) is 9.26. The molecule has 0 aromatic heterocycles. The Kier molecular flexibility index (Phi) is 6.08. The number of anilines is 2. The smallest absolute Gasteiger partial charge is 0.269 e. The Bertz CT molecular complexity index is 805. The van der Waals surface area contributed by atoms with Gasteiger partial charge in [-0.05, 0) is 43.4 Å². The van der Waals surface area contributed by atoms with E-state index in [0.29, 0.717) is 11.7 Å². The SMILES string of the molecule is CCOc1ccccc1N1CCN(C(=S)Nc2ccc([N+](=O)[O-])cc2)CC1. The van der Waals surface area contributed by atoms with E-state index in [2.05, 4.69) is 21.2 Å². The lowest BCUT2D eigenvalue weighted by molar-refractivity contribution is -0.384. The minimum atomic E-state index is -0.415. The molecular formula is C19H22N4O3S. The van der Waals surface area contributed by atoms with Crippen molar-refractivity contribution < 1.29 is 9.66 Å². The third kappa shape index (κ3) is 4.65. The Morgan fingerprint density at radius 3 is 2.44 bits per heavy atom. The van der Waals surface area contributed by atoms with E-state index in [-0.39, 0.29) is 5.69 Å². The second-order valence-electron chi connectivity index (χ2n) is 6.11. The second kappa shape index (κ2) is 8.68. The van der Waals surface area contributed by atoms with Gasteiger partial charge in [0.15, 0.2) is 5.11 Å². The lowest BCUT2D eigenvalue weighted by Crippen LogP contribution is -2.50. The summed E-state index contributed by atoms with van der Waals surface area (Å²) in [6.45, 7) is 5.88. The molecule has 0 amide bonds. The first-order chi connectivity index (χ1) is 13.1. The number of nitro groups is 1. The molecule has 0 unspecified atom stereocenters. The van der Waals surface area contributed by atoms with Crippen LogP contribution in [-0.2, 0) is 0 Å². The van der Waals surface area contributed by atoms with E-state index in [9.17, 15) is 10.1 Å². The Morgan fingerprint density at radius 2 is 1.81 bits per heavy atom. The molecule has 0 radical (unpaired) electrons. The average molecular weight is 386 g/mol. The van der Waals surface area contributed by atoms with Crippen LogP contribution in [0.2, 0.25) is 0 Å². The van der Waals surface area contributed by atoms with E-state index in [1.54, 1.807) is 12.1 Å². The van der Waals surface area contributed by atoms with Gasteiger partial charge >= 0.3 is 0 Å². The van der Waals surface area contributed by atoms with Crippen molar-refractivity contribution in [3.63, 3.8) is 0 Å². The summed E-state index contributed by atoms with van der Waals surface area (Å²) < 4.78 is 5.73. The molecule has 2 aromatic rings. The zero-order valence-electron chi connectivity index (χ0n) is 15.1. The molecule has 0 saturated carbocycles. The Hall–Kier alpha value is -2.87. The molecule has 0 bridgehead atoms. The predicted molar refractivity (Wildman–Crippen MR) is 111 cm³/mol. The summed E-state index contributed by atoms with van der Waals surface area (Å²) in [5.74, 6) is 0.903. The molecule has 142 valence electrons. The molecule has 1 aliphatic heterocycles. The summed E-state index contributed by atoms with van der Waals surface area (Å²) in [6.07, 6.45) is 0. The van der Waals surface area contributed by atoms with Gasteiger partial charge in [0.1, 0.15) is 5.75 Å². The van der Waals surface area contributed by atoms with Gasteiger partial charge < -0.3 is 19.9 Å². The normalized spacial score (nSPS) is 14.0. The molecular weight excluding hydrogens is 364 g/mol.